The maximum Gasteiger partial charge on any atom is 0.494 e. The molecule has 3 rings (SSSR count). The highest BCUT2D eigenvalue weighted by Gasteiger charge is 2.51. The molecule has 0 unspecified atom stereocenters. The maximum atomic E-state index is 6.19. The molecule has 2 nitrogen and oxygen atoms in total. The van der Waals surface area contributed by atoms with Crippen LogP contribution in [0.15, 0.2) is 23.6 Å². The van der Waals surface area contributed by atoms with E-state index in [-0.39, 0.29) is 18.3 Å². The minimum absolute atomic E-state index is 0.314. The van der Waals surface area contributed by atoms with E-state index in [1.807, 2.05) is 5.38 Å². The van der Waals surface area contributed by atoms with Crippen LogP contribution in [0.2, 0.25) is 5.02 Å². The summed E-state index contributed by atoms with van der Waals surface area (Å²) < 4.78 is 13.3. The zero-order chi connectivity index (χ0) is 13.8. The van der Waals surface area contributed by atoms with Crippen molar-refractivity contribution in [2.24, 2.45) is 0 Å². The van der Waals surface area contributed by atoms with Crippen molar-refractivity contribution in [2.75, 3.05) is 0 Å². The molecule has 0 radical (unpaired) electrons. The SMILES string of the molecule is CC1(C)OB(c2ccc3scc(Cl)c3c2)OC1(C)C. The van der Waals surface area contributed by atoms with E-state index in [1.165, 1.54) is 4.70 Å². The number of benzene rings is 1. The van der Waals surface area contributed by atoms with Crippen molar-refractivity contribution < 1.29 is 9.31 Å². The summed E-state index contributed by atoms with van der Waals surface area (Å²) >= 11 is 7.84. The summed E-state index contributed by atoms with van der Waals surface area (Å²) in [4.78, 5) is 0. The largest absolute Gasteiger partial charge is 0.494 e. The maximum absolute atomic E-state index is 6.19. The zero-order valence-electron chi connectivity index (χ0n) is 11.5. The summed E-state index contributed by atoms with van der Waals surface area (Å²) in [7, 11) is -0.328. The van der Waals surface area contributed by atoms with Gasteiger partial charge in [-0.25, -0.2) is 0 Å². The van der Waals surface area contributed by atoms with Gasteiger partial charge in [-0.15, -0.1) is 11.3 Å². The van der Waals surface area contributed by atoms with Crippen molar-refractivity contribution in [2.45, 2.75) is 38.9 Å². The van der Waals surface area contributed by atoms with E-state index in [0.717, 1.165) is 15.9 Å². The first-order valence-electron chi connectivity index (χ1n) is 6.32. The molecule has 1 aromatic carbocycles. The van der Waals surface area contributed by atoms with E-state index in [4.69, 9.17) is 20.9 Å². The molecular weight excluding hydrogens is 278 g/mol. The quantitative estimate of drug-likeness (QED) is 0.744. The van der Waals surface area contributed by atoms with Crippen molar-refractivity contribution in [3.63, 3.8) is 0 Å². The average Bonchev–Trinajstić information content (AvgIpc) is 2.78. The van der Waals surface area contributed by atoms with E-state index < -0.39 is 0 Å². The first kappa shape index (κ1) is 13.4. The Morgan fingerprint density at radius 3 is 2.37 bits per heavy atom. The number of halogens is 1. The van der Waals surface area contributed by atoms with Crippen molar-refractivity contribution in [1.29, 1.82) is 0 Å². The Labute approximate surface area is 122 Å². The van der Waals surface area contributed by atoms with Crippen LogP contribution in [-0.4, -0.2) is 18.3 Å². The predicted molar refractivity (Wildman–Crippen MR) is 82.6 cm³/mol. The van der Waals surface area contributed by atoms with Crippen LogP contribution in [0.25, 0.3) is 10.1 Å². The molecule has 0 aliphatic carbocycles. The smallest absolute Gasteiger partial charge is 0.399 e. The third-order valence-corrected chi connectivity index (χ3v) is 5.48. The second kappa shape index (κ2) is 4.22. The summed E-state index contributed by atoms with van der Waals surface area (Å²) in [5, 5.41) is 3.82. The highest BCUT2D eigenvalue weighted by Crippen LogP contribution is 2.37. The second-order valence-electron chi connectivity index (χ2n) is 5.93. The van der Waals surface area contributed by atoms with Crippen LogP contribution in [0.3, 0.4) is 0 Å². The molecule has 1 saturated heterocycles. The molecule has 0 atom stereocenters. The molecule has 1 aromatic heterocycles. The number of hydrogen-bond donors (Lipinski definition) is 0. The van der Waals surface area contributed by atoms with Crippen molar-refractivity contribution in [1.82, 2.24) is 0 Å². The normalized spacial score (nSPS) is 21.2. The van der Waals surface area contributed by atoms with Crippen LogP contribution in [0.1, 0.15) is 27.7 Å². The number of fused-ring (bicyclic) bond motifs is 1. The molecule has 2 heterocycles. The molecule has 2 aromatic rings. The Kier molecular flexibility index (Phi) is 2.99. The van der Waals surface area contributed by atoms with E-state index in [1.54, 1.807) is 11.3 Å². The highest BCUT2D eigenvalue weighted by molar-refractivity contribution is 7.17. The fourth-order valence-corrected chi connectivity index (χ4v) is 3.29. The third-order valence-electron chi connectivity index (χ3n) is 4.08. The van der Waals surface area contributed by atoms with E-state index >= 15 is 0 Å². The van der Waals surface area contributed by atoms with Crippen LogP contribution in [0, 0.1) is 0 Å². The van der Waals surface area contributed by atoms with Gasteiger partial charge < -0.3 is 9.31 Å². The number of hydrogen-bond acceptors (Lipinski definition) is 3. The average molecular weight is 295 g/mol. The highest BCUT2D eigenvalue weighted by atomic mass is 35.5. The lowest BCUT2D eigenvalue weighted by Gasteiger charge is -2.32. The van der Waals surface area contributed by atoms with Gasteiger partial charge in [-0.3, -0.25) is 0 Å². The molecule has 1 fully saturated rings. The van der Waals surface area contributed by atoms with Crippen molar-refractivity contribution >= 4 is 45.6 Å². The molecule has 0 bridgehead atoms. The number of rotatable bonds is 1. The van der Waals surface area contributed by atoms with Crippen LogP contribution in [0.4, 0.5) is 0 Å². The van der Waals surface area contributed by atoms with Gasteiger partial charge in [0.25, 0.3) is 0 Å². The topological polar surface area (TPSA) is 18.5 Å². The minimum atomic E-state index is -0.328. The molecule has 0 amide bonds. The first-order valence-corrected chi connectivity index (χ1v) is 7.58. The van der Waals surface area contributed by atoms with Gasteiger partial charge >= 0.3 is 7.12 Å². The molecule has 19 heavy (non-hydrogen) atoms. The lowest BCUT2D eigenvalue weighted by atomic mass is 9.79. The van der Waals surface area contributed by atoms with Crippen LogP contribution >= 0.6 is 22.9 Å². The van der Waals surface area contributed by atoms with Gasteiger partial charge in [-0.2, -0.15) is 0 Å². The lowest BCUT2D eigenvalue weighted by Crippen LogP contribution is -2.41. The van der Waals surface area contributed by atoms with Gasteiger partial charge in [0.1, 0.15) is 0 Å². The fourth-order valence-electron chi connectivity index (χ4n) is 2.14. The summed E-state index contributed by atoms with van der Waals surface area (Å²) in [6.45, 7) is 8.23. The van der Waals surface area contributed by atoms with E-state index in [9.17, 15) is 0 Å². The summed E-state index contributed by atoms with van der Waals surface area (Å²) in [6, 6.07) is 6.19. The van der Waals surface area contributed by atoms with E-state index in [0.29, 0.717) is 0 Å². The monoisotopic (exact) mass is 294 g/mol. The standard InChI is InChI=1S/C14H16BClO2S/c1-13(2)14(3,4)18-15(17-13)9-5-6-12-10(7-9)11(16)8-19-12/h5-8H,1-4H3. The molecular formula is C14H16BClO2S. The van der Waals surface area contributed by atoms with Crippen molar-refractivity contribution in [3.05, 3.63) is 28.6 Å². The van der Waals surface area contributed by atoms with Crippen LogP contribution < -0.4 is 5.46 Å². The van der Waals surface area contributed by atoms with Gasteiger partial charge in [-0.05, 0) is 39.2 Å². The van der Waals surface area contributed by atoms with Gasteiger partial charge in [0.15, 0.2) is 0 Å². The Balaban J connectivity index is 2.00. The second-order valence-corrected chi connectivity index (χ2v) is 7.25. The molecule has 1 aliphatic heterocycles. The van der Waals surface area contributed by atoms with Gasteiger partial charge in [0, 0.05) is 15.5 Å². The first-order chi connectivity index (χ1) is 8.80. The van der Waals surface area contributed by atoms with Gasteiger partial charge in [-0.1, -0.05) is 23.7 Å². The van der Waals surface area contributed by atoms with Gasteiger partial charge in [0.2, 0.25) is 0 Å². The number of thiophene rings is 1. The lowest BCUT2D eigenvalue weighted by molar-refractivity contribution is 0.00578. The summed E-state index contributed by atoms with van der Waals surface area (Å²) in [5.74, 6) is 0. The van der Waals surface area contributed by atoms with Crippen LogP contribution in [0.5, 0.6) is 0 Å². The Morgan fingerprint density at radius 1 is 1.11 bits per heavy atom. The Hall–Kier alpha value is -0.545. The molecule has 1 aliphatic rings. The fraction of sp³-hybridized carbons (Fsp3) is 0.429. The Morgan fingerprint density at radius 2 is 1.74 bits per heavy atom. The third kappa shape index (κ3) is 2.11. The predicted octanol–water partition coefficient (Wildman–Crippen LogP) is 3.85. The Bertz CT molecular complexity index is 619. The minimum Gasteiger partial charge on any atom is -0.399 e. The molecule has 0 spiro atoms. The molecule has 0 N–H and O–H groups in total. The summed E-state index contributed by atoms with van der Waals surface area (Å²) in [6.07, 6.45) is 0. The summed E-state index contributed by atoms with van der Waals surface area (Å²) in [5.41, 5.74) is 0.391. The van der Waals surface area contributed by atoms with E-state index in [2.05, 4.69) is 45.9 Å². The molecule has 100 valence electrons. The van der Waals surface area contributed by atoms with Crippen LogP contribution in [-0.2, 0) is 9.31 Å². The molecule has 0 saturated carbocycles. The molecule has 5 heteroatoms. The zero-order valence-corrected chi connectivity index (χ0v) is 13.1. The van der Waals surface area contributed by atoms with Crippen molar-refractivity contribution in [3.8, 4) is 0 Å². The van der Waals surface area contributed by atoms with Gasteiger partial charge in [0.05, 0.1) is 16.2 Å².